The third kappa shape index (κ3) is 4.56. The van der Waals surface area contributed by atoms with Gasteiger partial charge in [0.2, 0.25) is 16.0 Å². The van der Waals surface area contributed by atoms with E-state index in [1.807, 2.05) is 17.2 Å². The van der Waals surface area contributed by atoms with Gasteiger partial charge in [0.1, 0.15) is 24.2 Å². The first-order valence-corrected chi connectivity index (χ1v) is 13.5. The number of hydrogen-bond donors (Lipinski definition) is 1. The molecule has 9 nitrogen and oxygen atoms in total. The number of amidine groups is 1. The predicted molar refractivity (Wildman–Crippen MR) is 135 cm³/mol. The zero-order valence-corrected chi connectivity index (χ0v) is 20.6. The zero-order chi connectivity index (χ0) is 25.4. The molecule has 190 valence electrons. The van der Waals surface area contributed by atoms with E-state index in [-0.39, 0.29) is 23.9 Å². The van der Waals surface area contributed by atoms with Gasteiger partial charge in [-0.15, -0.1) is 0 Å². The van der Waals surface area contributed by atoms with Crippen LogP contribution >= 0.6 is 0 Å². The highest BCUT2D eigenvalue weighted by Crippen LogP contribution is 2.43. The van der Waals surface area contributed by atoms with E-state index in [1.165, 1.54) is 16.4 Å². The van der Waals surface area contributed by atoms with Crippen LogP contribution in [0.1, 0.15) is 36.2 Å². The van der Waals surface area contributed by atoms with Crippen molar-refractivity contribution in [2.24, 2.45) is 4.99 Å². The summed E-state index contributed by atoms with van der Waals surface area (Å²) in [5.41, 5.74) is 1.59. The van der Waals surface area contributed by atoms with Crippen LogP contribution in [-0.2, 0) is 14.8 Å². The summed E-state index contributed by atoms with van der Waals surface area (Å²) in [4.78, 5) is 16.1. The molecule has 2 aromatic carbocycles. The van der Waals surface area contributed by atoms with Gasteiger partial charge in [-0.2, -0.15) is 4.31 Å². The van der Waals surface area contributed by atoms with Gasteiger partial charge in [0.15, 0.2) is 0 Å². The Morgan fingerprint density at radius 1 is 1.00 bits per heavy atom. The van der Waals surface area contributed by atoms with Gasteiger partial charge in [-0.05, 0) is 48.7 Å². The normalized spacial score (nSPS) is 22.0. The summed E-state index contributed by atoms with van der Waals surface area (Å²) >= 11 is 0. The summed E-state index contributed by atoms with van der Waals surface area (Å²) in [7, 11) is -3.51. The number of nitrogens with one attached hydrogen (secondary N) is 1. The van der Waals surface area contributed by atoms with E-state index < -0.39 is 10.0 Å². The maximum Gasteiger partial charge on any atom is 0.298 e. The van der Waals surface area contributed by atoms with Gasteiger partial charge < -0.3 is 10.1 Å². The molecule has 1 aromatic heterocycles. The number of aromatic nitrogens is 2. The van der Waals surface area contributed by atoms with Crippen molar-refractivity contribution in [2.75, 3.05) is 18.4 Å². The average Bonchev–Trinajstić information content (AvgIpc) is 3.52. The first-order valence-electron chi connectivity index (χ1n) is 12.1. The quantitative estimate of drug-likeness (QED) is 0.527. The summed E-state index contributed by atoms with van der Waals surface area (Å²) < 4.78 is 46.5. The van der Waals surface area contributed by atoms with E-state index in [9.17, 15) is 12.8 Å². The third-order valence-electron chi connectivity index (χ3n) is 6.82. The third-order valence-corrected chi connectivity index (χ3v) is 8.74. The highest BCUT2D eigenvalue weighted by Gasteiger charge is 2.41. The molecule has 0 saturated carbocycles. The maximum absolute atomic E-state index is 13.5. The number of ether oxygens (including phenoxy) is 1. The molecule has 0 aliphatic carbocycles. The van der Waals surface area contributed by atoms with Gasteiger partial charge in [-0.1, -0.05) is 30.3 Å². The van der Waals surface area contributed by atoms with Crippen LogP contribution in [0.5, 0.6) is 0 Å². The van der Waals surface area contributed by atoms with E-state index >= 15 is 0 Å². The minimum Gasteiger partial charge on any atom is -0.432 e. The predicted octanol–water partition coefficient (Wildman–Crippen LogP) is 3.84. The van der Waals surface area contributed by atoms with Gasteiger partial charge in [-0.25, -0.2) is 27.8 Å². The lowest BCUT2D eigenvalue weighted by Crippen LogP contribution is -2.42. The lowest BCUT2D eigenvalue weighted by molar-refractivity contribution is 0.329. The Morgan fingerprint density at radius 3 is 2.51 bits per heavy atom. The number of fused-ring (bicyclic) bond motifs is 1. The molecule has 37 heavy (non-hydrogen) atoms. The molecule has 2 unspecified atom stereocenters. The Bertz CT molecular complexity index is 1440. The van der Waals surface area contributed by atoms with Crippen molar-refractivity contribution in [1.82, 2.24) is 19.2 Å². The Kier molecular flexibility index (Phi) is 6.09. The molecule has 0 spiro atoms. The van der Waals surface area contributed by atoms with Crippen LogP contribution in [-0.4, -0.2) is 52.7 Å². The SMILES string of the molecule is O=S(=O)(c1ccccc1)N1CCC(Nc2nccc(C3C(c4ccc(F)cc4)N=C4OC=CN43)n2)CC1. The van der Waals surface area contributed by atoms with Crippen LogP contribution in [0.3, 0.4) is 0 Å². The van der Waals surface area contributed by atoms with E-state index in [0.717, 1.165) is 11.3 Å². The van der Waals surface area contributed by atoms with Gasteiger partial charge in [0, 0.05) is 31.5 Å². The standard InChI is InChI=1S/C26H25FN6O3S/c27-19-8-6-18(7-9-19)23-24(33-16-17-36-26(33)31-23)22-10-13-28-25(30-22)29-20-11-14-32(15-12-20)37(34,35)21-4-2-1-3-5-21/h1-10,13,16-17,20,23-24H,11-12,14-15H2,(H,28,29,30). The van der Waals surface area contributed by atoms with Crippen molar-refractivity contribution >= 4 is 22.0 Å². The van der Waals surface area contributed by atoms with Crippen LogP contribution in [0, 0.1) is 5.82 Å². The number of aliphatic imine (C=N–C) groups is 1. The van der Waals surface area contributed by atoms with Crippen molar-refractivity contribution in [3.05, 3.63) is 96.4 Å². The Hall–Kier alpha value is -3.83. The molecule has 11 heteroatoms. The molecule has 2 atom stereocenters. The lowest BCUT2D eigenvalue weighted by atomic mass is 9.97. The summed E-state index contributed by atoms with van der Waals surface area (Å²) in [5, 5.41) is 3.38. The van der Waals surface area contributed by atoms with Gasteiger partial charge in [0.25, 0.3) is 6.02 Å². The Balaban J connectivity index is 1.17. The summed E-state index contributed by atoms with van der Waals surface area (Å²) in [6.07, 6.45) is 6.35. The average molecular weight is 521 g/mol. The second-order valence-corrected chi connectivity index (χ2v) is 11.0. The fraction of sp³-hybridized carbons (Fsp3) is 0.269. The molecule has 3 aromatic rings. The second-order valence-electron chi connectivity index (χ2n) is 9.10. The largest absolute Gasteiger partial charge is 0.432 e. The number of benzene rings is 2. The van der Waals surface area contributed by atoms with E-state index in [4.69, 9.17) is 14.7 Å². The van der Waals surface area contributed by atoms with E-state index in [1.54, 1.807) is 54.9 Å². The van der Waals surface area contributed by atoms with E-state index in [0.29, 0.717) is 42.8 Å². The first kappa shape index (κ1) is 23.6. The number of rotatable bonds is 6. The van der Waals surface area contributed by atoms with Crippen molar-refractivity contribution < 1.29 is 17.5 Å². The zero-order valence-electron chi connectivity index (χ0n) is 19.8. The number of anilines is 1. The molecule has 1 saturated heterocycles. The molecule has 1 N–H and O–H groups in total. The van der Waals surface area contributed by atoms with Crippen LogP contribution in [0.2, 0.25) is 0 Å². The molecule has 4 heterocycles. The van der Waals surface area contributed by atoms with Crippen LogP contribution < -0.4 is 5.32 Å². The van der Waals surface area contributed by atoms with Crippen molar-refractivity contribution in [3.63, 3.8) is 0 Å². The fourth-order valence-corrected chi connectivity index (χ4v) is 6.42. The van der Waals surface area contributed by atoms with E-state index in [2.05, 4.69) is 10.3 Å². The topological polar surface area (TPSA) is 100 Å². The van der Waals surface area contributed by atoms with Gasteiger partial charge in [-0.3, -0.25) is 4.90 Å². The van der Waals surface area contributed by atoms with Crippen molar-refractivity contribution in [3.8, 4) is 0 Å². The molecule has 0 amide bonds. The highest BCUT2D eigenvalue weighted by molar-refractivity contribution is 7.89. The first-order chi connectivity index (χ1) is 18.0. The smallest absolute Gasteiger partial charge is 0.298 e. The second kappa shape index (κ2) is 9.56. The minimum absolute atomic E-state index is 0.0378. The molecule has 0 bridgehead atoms. The molecular formula is C26H25FN6O3S. The Morgan fingerprint density at radius 2 is 1.76 bits per heavy atom. The number of nitrogens with zero attached hydrogens (tertiary/aromatic N) is 5. The van der Waals surface area contributed by atoms with Crippen LogP contribution in [0.25, 0.3) is 0 Å². The van der Waals surface area contributed by atoms with Crippen molar-refractivity contribution in [1.29, 1.82) is 0 Å². The number of piperidine rings is 1. The Labute approximate surface area is 214 Å². The maximum atomic E-state index is 13.5. The monoisotopic (exact) mass is 520 g/mol. The summed E-state index contributed by atoms with van der Waals surface area (Å²) in [6.45, 7) is 0.827. The minimum atomic E-state index is -3.51. The molecule has 6 rings (SSSR count). The number of hydrogen-bond acceptors (Lipinski definition) is 8. The van der Waals surface area contributed by atoms with Crippen molar-refractivity contribution in [2.45, 2.75) is 35.9 Å². The molecule has 1 fully saturated rings. The number of sulfonamides is 1. The molecule has 3 aliphatic rings. The number of halogens is 1. The van der Waals surface area contributed by atoms with Gasteiger partial charge >= 0.3 is 0 Å². The summed E-state index contributed by atoms with van der Waals surface area (Å²) in [5.74, 6) is 0.163. The van der Waals surface area contributed by atoms with Crippen LogP contribution in [0.15, 0.2) is 89.2 Å². The molecule has 3 aliphatic heterocycles. The fourth-order valence-electron chi connectivity index (χ4n) is 4.92. The molecular weight excluding hydrogens is 495 g/mol. The van der Waals surface area contributed by atoms with Crippen LogP contribution in [0.4, 0.5) is 10.3 Å². The molecule has 0 radical (unpaired) electrons. The van der Waals surface area contributed by atoms with Gasteiger partial charge in [0.05, 0.1) is 10.6 Å². The highest BCUT2D eigenvalue weighted by atomic mass is 32.2. The summed E-state index contributed by atoms with van der Waals surface area (Å²) in [6, 6.07) is 16.5. The lowest BCUT2D eigenvalue weighted by Gasteiger charge is -2.31.